The van der Waals surface area contributed by atoms with Crippen LogP contribution in [-0.2, 0) is 0 Å². The van der Waals surface area contributed by atoms with E-state index in [0.717, 1.165) is 41.8 Å². The number of rotatable bonds is 3. The number of carbonyl (C=O) groups excluding carboxylic acids is 1. The third-order valence-corrected chi connectivity index (χ3v) is 4.49. The molecule has 1 fully saturated rings. The Kier molecular flexibility index (Phi) is 4.59. The molecule has 0 saturated carbocycles. The summed E-state index contributed by atoms with van der Waals surface area (Å²) in [5.74, 6) is -0.0467. The van der Waals surface area contributed by atoms with Crippen LogP contribution in [0.1, 0.15) is 28.9 Å². The van der Waals surface area contributed by atoms with Gasteiger partial charge in [-0.3, -0.25) is 4.79 Å². The predicted octanol–water partition coefficient (Wildman–Crippen LogP) is 2.43. The van der Waals surface area contributed by atoms with Gasteiger partial charge in [0.25, 0.3) is 5.91 Å². The van der Waals surface area contributed by atoms with E-state index in [1.807, 2.05) is 31.2 Å². The molecule has 5 nitrogen and oxygen atoms in total. The second-order valence-corrected chi connectivity index (χ2v) is 6.46. The van der Waals surface area contributed by atoms with Gasteiger partial charge in [-0.15, -0.1) is 0 Å². The highest BCUT2D eigenvalue weighted by Crippen LogP contribution is 2.17. The third kappa shape index (κ3) is 3.23. The SMILES string of the molecule is Cc1c(C(=O)N[C@H]2CCCNC2)cnn1-c1ccc(Br)cc1. The van der Waals surface area contributed by atoms with Crippen LogP contribution in [0.5, 0.6) is 0 Å². The quantitative estimate of drug-likeness (QED) is 0.881. The number of hydrogen-bond acceptors (Lipinski definition) is 3. The normalized spacial score (nSPS) is 18.2. The van der Waals surface area contributed by atoms with E-state index in [-0.39, 0.29) is 11.9 Å². The van der Waals surface area contributed by atoms with Crippen molar-refractivity contribution in [1.82, 2.24) is 20.4 Å². The van der Waals surface area contributed by atoms with Gasteiger partial charge in [0.2, 0.25) is 0 Å². The van der Waals surface area contributed by atoms with Gasteiger partial charge in [0.05, 0.1) is 23.1 Å². The highest BCUT2D eigenvalue weighted by Gasteiger charge is 2.20. The van der Waals surface area contributed by atoms with Gasteiger partial charge in [0.15, 0.2) is 0 Å². The number of nitrogens with zero attached hydrogens (tertiary/aromatic N) is 2. The number of piperidine rings is 1. The van der Waals surface area contributed by atoms with Gasteiger partial charge in [-0.05, 0) is 50.6 Å². The van der Waals surface area contributed by atoms with E-state index >= 15 is 0 Å². The molecule has 1 aliphatic heterocycles. The summed E-state index contributed by atoms with van der Waals surface area (Å²) in [5, 5.41) is 10.7. The minimum absolute atomic E-state index is 0.0467. The van der Waals surface area contributed by atoms with Crippen LogP contribution in [0.3, 0.4) is 0 Å². The van der Waals surface area contributed by atoms with Crippen molar-refractivity contribution in [2.45, 2.75) is 25.8 Å². The standard InChI is InChI=1S/C16H19BrN4O/c1-11-15(16(22)20-13-3-2-8-18-9-13)10-19-21(11)14-6-4-12(17)5-7-14/h4-7,10,13,18H,2-3,8-9H2,1H3,(H,20,22)/t13-/m0/s1. The molecule has 22 heavy (non-hydrogen) atoms. The first-order chi connectivity index (χ1) is 10.6. The monoisotopic (exact) mass is 362 g/mol. The Morgan fingerprint density at radius 3 is 2.86 bits per heavy atom. The summed E-state index contributed by atoms with van der Waals surface area (Å²) in [6, 6.07) is 8.07. The Morgan fingerprint density at radius 1 is 1.41 bits per heavy atom. The van der Waals surface area contributed by atoms with Crippen molar-refractivity contribution in [3.8, 4) is 5.69 Å². The van der Waals surface area contributed by atoms with Crippen LogP contribution in [0, 0.1) is 6.92 Å². The van der Waals surface area contributed by atoms with Gasteiger partial charge >= 0.3 is 0 Å². The third-order valence-electron chi connectivity index (χ3n) is 3.96. The maximum atomic E-state index is 12.4. The Bertz CT molecular complexity index is 659. The zero-order valence-corrected chi connectivity index (χ0v) is 14.1. The van der Waals surface area contributed by atoms with Crippen molar-refractivity contribution < 1.29 is 4.79 Å². The first-order valence-corrected chi connectivity index (χ1v) is 8.26. The summed E-state index contributed by atoms with van der Waals surface area (Å²) >= 11 is 3.42. The lowest BCUT2D eigenvalue weighted by molar-refractivity contribution is 0.0930. The topological polar surface area (TPSA) is 59.0 Å². The zero-order valence-electron chi connectivity index (χ0n) is 12.5. The van der Waals surface area contributed by atoms with Crippen LogP contribution in [0.2, 0.25) is 0 Å². The summed E-state index contributed by atoms with van der Waals surface area (Å²) in [5.41, 5.74) is 2.43. The summed E-state index contributed by atoms with van der Waals surface area (Å²) in [6.07, 6.45) is 3.77. The van der Waals surface area contributed by atoms with Crippen LogP contribution in [0.4, 0.5) is 0 Å². The van der Waals surface area contributed by atoms with Crippen molar-refractivity contribution in [2.75, 3.05) is 13.1 Å². The molecule has 1 atom stereocenters. The minimum atomic E-state index is -0.0467. The van der Waals surface area contributed by atoms with Gasteiger partial charge in [-0.1, -0.05) is 15.9 Å². The molecule has 2 N–H and O–H groups in total. The lowest BCUT2D eigenvalue weighted by Crippen LogP contribution is -2.45. The number of aromatic nitrogens is 2. The highest BCUT2D eigenvalue weighted by atomic mass is 79.9. The molecule has 0 radical (unpaired) electrons. The van der Waals surface area contributed by atoms with Crippen molar-refractivity contribution in [1.29, 1.82) is 0 Å². The molecule has 2 heterocycles. The van der Waals surface area contributed by atoms with Gasteiger partial charge in [-0.25, -0.2) is 4.68 Å². The fourth-order valence-electron chi connectivity index (χ4n) is 2.71. The molecule has 0 bridgehead atoms. The van der Waals surface area contributed by atoms with Crippen LogP contribution in [-0.4, -0.2) is 34.8 Å². The van der Waals surface area contributed by atoms with E-state index < -0.39 is 0 Å². The summed E-state index contributed by atoms with van der Waals surface area (Å²) in [6.45, 7) is 3.79. The molecular weight excluding hydrogens is 344 g/mol. The van der Waals surface area contributed by atoms with E-state index in [9.17, 15) is 4.79 Å². The second-order valence-electron chi connectivity index (χ2n) is 5.55. The first kappa shape index (κ1) is 15.2. The Morgan fingerprint density at radius 2 is 2.18 bits per heavy atom. The minimum Gasteiger partial charge on any atom is -0.348 e. The van der Waals surface area contributed by atoms with E-state index in [0.29, 0.717) is 5.56 Å². The van der Waals surface area contributed by atoms with Gasteiger partial charge in [0.1, 0.15) is 0 Å². The van der Waals surface area contributed by atoms with Crippen LogP contribution in [0.25, 0.3) is 5.69 Å². The number of halogens is 1. The predicted molar refractivity (Wildman–Crippen MR) is 89.4 cm³/mol. The molecule has 1 aliphatic rings. The fourth-order valence-corrected chi connectivity index (χ4v) is 2.98. The highest BCUT2D eigenvalue weighted by molar-refractivity contribution is 9.10. The Balaban J connectivity index is 1.77. The van der Waals surface area contributed by atoms with E-state index in [4.69, 9.17) is 0 Å². The number of hydrogen-bond donors (Lipinski definition) is 2. The Hall–Kier alpha value is -1.66. The molecule has 0 spiro atoms. The summed E-state index contributed by atoms with van der Waals surface area (Å²) in [7, 11) is 0. The lowest BCUT2D eigenvalue weighted by Gasteiger charge is -2.23. The molecule has 0 aliphatic carbocycles. The molecule has 1 aromatic heterocycles. The molecule has 1 aromatic carbocycles. The fraction of sp³-hybridized carbons (Fsp3) is 0.375. The van der Waals surface area contributed by atoms with Crippen molar-refractivity contribution >= 4 is 21.8 Å². The molecule has 1 amide bonds. The van der Waals surface area contributed by atoms with Crippen molar-refractivity contribution in [2.24, 2.45) is 0 Å². The summed E-state index contributed by atoms with van der Waals surface area (Å²) < 4.78 is 2.81. The molecule has 6 heteroatoms. The van der Waals surface area contributed by atoms with E-state index in [2.05, 4.69) is 31.7 Å². The zero-order chi connectivity index (χ0) is 15.5. The number of nitrogens with one attached hydrogen (secondary N) is 2. The molecule has 2 aromatic rings. The smallest absolute Gasteiger partial charge is 0.255 e. The molecule has 116 valence electrons. The molecule has 3 rings (SSSR count). The average Bonchev–Trinajstić information content (AvgIpc) is 2.91. The van der Waals surface area contributed by atoms with E-state index in [1.165, 1.54) is 0 Å². The number of amides is 1. The number of carbonyl (C=O) groups is 1. The second kappa shape index (κ2) is 6.62. The average molecular weight is 363 g/mol. The number of benzene rings is 1. The van der Waals surface area contributed by atoms with Crippen molar-refractivity contribution in [3.63, 3.8) is 0 Å². The van der Waals surface area contributed by atoms with Crippen LogP contribution < -0.4 is 10.6 Å². The van der Waals surface area contributed by atoms with E-state index in [1.54, 1.807) is 10.9 Å². The molecule has 0 unspecified atom stereocenters. The van der Waals surface area contributed by atoms with Gasteiger partial charge < -0.3 is 10.6 Å². The first-order valence-electron chi connectivity index (χ1n) is 7.47. The molecular formula is C16H19BrN4O. The molecule has 1 saturated heterocycles. The largest absolute Gasteiger partial charge is 0.348 e. The Labute approximate surface area is 138 Å². The van der Waals surface area contributed by atoms with Gasteiger partial charge in [0, 0.05) is 17.1 Å². The maximum absolute atomic E-state index is 12.4. The summed E-state index contributed by atoms with van der Waals surface area (Å²) in [4.78, 5) is 12.4. The maximum Gasteiger partial charge on any atom is 0.255 e. The van der Waals surface area contributed by atoms with Crippen molar-refractivity contribution in [3.05, 3.63) is 46.2 Å². The van der Waals surface area contributed by atoms with Gasteiger partial charge in [-0.2, -0.15) is 5.10 Å². The van der Waals surface area contributed by atoms with Crippen LogP contribution in [0.15, 0.2) is 34.9 Å². The van der Waals surface area contributed by atoms with Crippen LogP contribution >= 0.6 is 15.9 Å². The lowest BCUT2D eigenvalue weighted by atomic mass is 10.1.